The van der Waals surface area contributed by atoms with Gasteiger partial charge in [0.2, 0.25) is 0 Å². The quantitative estimate of drug-likeness (QED) is 0.552. The first kappa shape index (κ1) is 22.4. The Balaban J connectivity index is 1.67. The van der Waals surface area contributed by atoms with Crippen LogP contribution in [0, 0.1) is 13.8 Å². The number of carbonyl (C=O) groups is 1. The van der Waals surface area contributed by atoms with Crippen molar-refractivity contribution in [1.82, 2.24) is 10.5 Å². The summed E-state index contributed by atoms with van der Waals surface area (Å²) in [5.74, 6) is 1.62. The molecule has 2 aromatic carbocycles. The molecule has 2 N–H and O–H groups in total. The maximum absolute atomic E-state index is 12.8. The summed E-state index contributed by atoms with van der Waals surface area (Å²) in [6.07, 6.45) is 0. The van der Waals surface area contributed by atoms with Crippen molar-refractivity contribution >= 4 is 5.91 Å². The van der Waals surface area contributed by atoms with Gasteiger partial charge in [-0.2, -0.15) is 0 Å². The Morgan fingerprint density at radius 3 is 2.48 bits per heavy atom. The van der Waals surface area contributed by atoms with Gasteiger partial charge < -0.3 is 24.2 Å². The number of hydrogen-bond acceptors (Lipinski definition) is 5. The van der Waals surface area contributed by atoms with Gasteiger partial charge in [-0.25, -0.2) is 0 Å². The Hall–Kier alpha value is -3.32. The zero-order chi connectivity index (χ0) is 22.4. The van der Waals surface area contributed by atoms with Crippen LogP contribution in [0.25, 0.3) is 0 Å². The van der Waals surface area contributed by atoms with E-state index in [2.05, 4.69) is 36.7 Å². The van der Waals surface area contributed by atoms with Gasteiger partial charge in [0.1, 0.15) is 18.4 Å². The summed E-state index contributed by atoms with van der Waals surface area (Å²) in [6, 6.07) is 15.5. The highest BCUT2D eigenvalue weighted by Crippen LogP contribution is 2.29. The SMILES string of the molecule is COc1cc(C(=O)NC[C@@H](c2ccccc2)[NH+](C)C)ccc1OCc1c(C)noc1C. The van der Waals surface area contributed by atoms with Gasteiger partial charge in [-0.1, -0.05) is 35.5 Å². The molecule has 0 fully saturated rings. The number of nitrogens with one attached hydrogen (secondary N) is 2. The van der Waals surface area contributed by atoms with E-state index in [4.69, 9.17) is 14.0 Å². The number of hydrogen-bond donors (Lipinski definition) is 2. The van der Waals surface area contributed by atoms with Gasteiger partial charge in [-0.05, 0) is 32.0 Å². The van der Waals surface area contributed by atoms with E-state index in [0.717, 1.165) is 17.0 Å². The molecule has 0 spiro atoms. The molecule has 3 aromatic rings. The minimum absolute atomic E-state index is 0.155. The molecule has 164 valence electrons. The summed E-state index contributed by atoms with van der Waals surface area (Å²) >= 11 is 0. The predicted octanol–water partition coefficient (Wildman–Crippen LogP) is 2.49. The van der Waals surface area contributed by atoms with E-state index in [0.29, 0.717) is 30.2 Å². The molecule has 1 heterocycles. The molecule has 0 aliphatic carbocycles. The summed E-state index contributed by atoms with van der Waals surface area (Å²) in [6.45, 7) is 4.56. The molecule has 0 unspecified atom stereocenters. The van der Waals surface area contributed by atoms with E-state index in [1.165, 1.54) is 10.5 Å². The van der Waals surface area contributed by atoms with Crippen LogP contribution < -0.4 is 19.7 Å². The molecule has 0 radical (unpaired) electrons. The fourth-order valence-electron chi connectivity index (χ4n) is 3.42. The molecule has 31 heavy (non-hydrogen) atoms. The van der Waals surface area contributed by atoms with E-state index >= 15 is 0 Å². The standard InChI is InChI=1S/C24H29N3O4/c1-16-20(17(2)31-26-16)15-30-22-12-11-19(13-23(22)29-5)24(28)25-14-21(27(3)4)18-9-7-6-8-10-18/h6-13,21H,14-15H2,1-5H3,(H,25,28)/p+1/t21-/m0/s1. The molecular formula is C24H30N3O4+. The average molecular weight is 425 g/mol. The Morgan fingerprint density at radius 1 is 1.13 bits per heavy atom. The first-order valence-electron chi connectivity index (χ1n) is 10.3. The summed E-state index contributed by atoms with van der Waals surface area (Å²) in [7, 11) is 5.72. The Morgan fingerprint density at radius 2 is 1.87 bits per heavy atom. The number of ether oxygens (including phenoxy) is 2. The highest BCUT2D eigenvalue weighted by atomic mass is 16.5. The zero-order valence-electron chi connectivity index (χ0n) is 18.7. The second-order valence-corrected chi connectivity index (χ2v) is 7.71. The van der Waals surface area contributed by atoms with Gasteiger partial charge in [0.15, 0.2) is 11.5 Å². The predicted molar refractivity (Wildman–Crippen MR) is 118 cm³/mol. The van der Waals surface area contributed by atoms with E-state index in [-0.39, 0.29) is 11.9 Å². The van der Waals surface area contributed by atoms with Gasteiger partial charge in [-0.15, -0.1) is 0 Å². The number of aromatic nitrogens is 1. The molecule has 1 atom stereocenters. The first-order chi connectivity index (χ1) is 14.9. The molecule has 7 heteroatoms. The average Bonchev–Trinajstić information content (AvgIpc) is 3.09. The molecule has 0 bridgehead atoms. The Labute approximate surface area is 182 Å². The van der Waals surface area contributed by atoms with Crippen molar-refractivity contribution in [2.45, 2.75) is 26.5 Å². The lowest BCUT2D eigenvalue weighted by molar-refractivity contribution is -0.890. The molecule has 1 amide bonds. The van der Waals surface area contributed by atoms with Crippen LogP contribution in [0.2, 0.25) is 0 Å². The Bertz CT molecular complexity index is 995. The van der Waals surface area contributed by atoms with Gasteiger partial charge in [0, 0.05) is 11.1 Å². The monoisotopic (exact) mass is 424 g/mol. The van der Waals surface area contributed by atoms with Crippen molar-refractivity contribution in [2.24, 2.45) is 0 Å². The third-order valence-electron chi connectivity index (χ3n) is 5.34. The fourth-order valence-corrected chi connectivity index (χ4v) is 3.42. The maximum atomic E-state index is 12.8. The van der Waals surface area contributed by atoms with Crippen LogP contribution in [0.1, 0.15) is 39.0 Å². The van der Waals surface area contributed by atoms with Crippen LogP contribution >= 0.6 is 0 Å². The smallest absolute Gasteiger partial charge is 0.251 e. The second-order valence-electron chi connectivity index (χ2n) is 7.71. The lowest BCUT2D eigenvalue weighted by atomic mass is 10.1. The minimum Gasteiger partial charge on any atom is -0.493 e. The summed E-state index contributed by atoms with van der Waals surface area (Å²) in [5.41, 5.74) is 3.40. The highest BCUT2D eigenvalue weighted by Gasteiger charge is 2.20. The lowest BCUT2D eigenvalue weighted by Crippen LogP contribution is -3.07. The number of likely N-dealkylation sites (N-methyl/N-ethyl adjacent to an activating group) is 1. The van der Waals surface area contributed by atoms with E-state index in [1.54, 1.807) is 25.3 Å². The van der Waals surface area contributed by atoms with Gasteiger partial charge in [-0.3, -0.25) is 4.79 Å². The van der Waals surface area contributed by atoms with Crippen molar-refractivity contribution in [1.29, 1.82) is 0 Å². The number of amides is 1. The van der Waals surface area contributed by atoms with Gasteiger partial charge >= 0.3 is 0 Å². The van der Waals surface area contributed by atoms with Gasteiger partial charge in [0.05, 0.1) is 39.0 Å². The van der Waals surface area contributed by atoms with Crippen molar-refractivity contribution < 1.29 is 23.7 Å². The minimum atomic E-state index is -0.155. The molecule has 7 nitrogen and oxygen atoms in total. The van der Waals surface area contributed by atoms with Crippen LogP contribution in [-0.4, -0.2) is 38.8 Å². The molecule has 0 saturated heterocycles. The number of quaternary nitrogens is 1. The van der Waals surface area contributed by atoms with Crippen LogP contribution in [0.3, 0.4) is 0 Å². The normalized spacial score (nSPS) is 11.9. The maximum Gasteiger partial charge on any atom is 0.251 e. The number of carbonyl (C=O) groups excluding carboxylic acids is 1. The molecule has 1 aromatic heterocycles. The van der Waals surface area contributed by atoms with Crippen LogP contribution in [0.4, 0.5) is 0 Å². The van der Waals surface area contributed by atoms with E-state index < -0.39 is 0 Å². The fraction of sp³-hybridized carbons (Fsp3) is 0.333. The largest absolute Gasteiger partial charge is 0.493 e. The summed E-state index contributed by atoms with van der Waals surface area (Å²) < 4.78 is 16.5. The molecule has 0 saturated carbocycles. The number of nitrogens with zero attached hydrogens (tertiary/aromatic N) is 1. The van der Waals surface area contributed by atoms with Crippen LogP contribution in [-0.2, 0) is 6.61 Å². The lowest BCUT2D eigenvalue weighted by Gasteiger charge is -2.22. The third-order valence-corrected chi connectivity index (χ3v) is 5.34. The zero-order valence-corrected chi connectivity index (χ0v) is 18.7. The Kier molecular flexibility index (Phi) is 7.31. The first-order valence-corrected chi connectivity index (χ1v) is 10.3. The van der Waals surface area contributed by atoms with Gasteiger partial charge in [0.25, 0.3) is 5.91 Å². The topological polar surface area (TPSA) is 78.0 Å². The van der Waals surface area contributed by atoms with Crippen molar-refractivity contribution in [3.63, 3.8) is 0 Å². The highest BCUT2D eigenvalue weighted by molar-refractivity contribution is 5.94. The van der Waals surface area contributed by atoms with Crippen molar-refractivity contribution in [3.05, 3.63) is 76.7 Å². The van der Waals surface area contributed by atoms with Crippen molar-refractivity contribution in [2.75, 3.05) is 27.7 Å². The van der Waals surface area contributed by atoms with Crippen LogP contribution in [0.5, 0.6) is 11.5 Å². The van der Waals surface area contributed by atoms with E-state index in [9.17, 15) is 4.79 Å². The molecular weight excluding hydrogens is 394 g/mol. The third kappa shape index (κ3) is 5.44. The number of rotatable bonds is 9. The second kappa shape index (κ2) is 10.1. The molecule has 0 aliphatic rings. The van der Waals surface area contributed by atoms with Crippen LogP contribution in [0.15, 0.2) is 53.1 Å². The number of aryl methyl sites for hydroxylation is 2. The number of benzene rings is 2. The molecule has 0 aliphatic heterocycles. The van der Waals surface area contributed by atoms with E-state index in [1.807, 2.05) is 32.0 Å². The summed E-state index contributed by atoms with van der Waals surface area (Å²) in [5, 5.41) is 6.98. The summed E-state index contributed by atoms with van der Waals surface area (Å²) in [4.78, 5) is 14.0. The van der Waals surface area contributed by atoms with Crippen molar-refractivity contribution in [3.8, 4) is 11.5 Å². The molecule has 3 rings (SSSR count). The number of methoxy groups -OCH3 is 1.